The average Bonchev–Trinajstić information content (AvgIpc) is 2.57. The summed E-state index contributed by atoms with van der Waals surface area (Å²) in [4.78, 5) is 22.4. The average molecular weight is 336 g/mol. The largest absolute Gasteiger partial charge is 0.491 e. The van der Waals surface area contributed by atoms with Crippen molar-refractivity contribution in [3.8, 4) is 5.75 Å². The molecule has 0 atom stereocenters. The number of allylic oxidation sites excluding steroid dienone is 1. The molecule has 0 heterocycles. The fourth-order valence-electron chi connectivity index (χ4n) is 1.68. The summed E-state index contributed by atoms with van der Waals surface area (Å²) in [6.07, 6.45) is 3.71. The Morgan fingerprint density at radius 3 is 2.67 bits per heavy atom. The van der Waals surface area contributed by atoms with Gasteiger partial charge in [-0.15, -0.1) is 0 Å². The van der Waals surface area contributed by atoms with E-state index in [0.29, 0.717) is 44.3 Å². The van der Waals surface area contributed by atoms with Crippen LogP contribution in [-0.2, 0) is 14.3 Å². The molecule has 0 bridgehead atoms. The molecule has 0 spiro atoms. The van der Waals surface area contributed by atoms with Crippen LogP contribution < -0.4 is 15.8 Å². The van der Waals surface area contributed by atoms with Gasteiger partial charge in [0.05, 0.1) is 19.8 Å². The number of benzene rings is 1. The number of carbonyl (C=O) groups excluding carboxylic acids is 2. The summed E-state index contributed by atoms with van der Waals surface area (Å²) < 4.78 is 16.0. The fraction of sp³-hybridized carbons (Fsp3) is 0.412. The van der Waals surface area contributed by atoms with Crippen molar-refractivity contribution in [3.05, 3.63) is 42.0 Å². The van der Waals surface area contributed by atoms with Crippen molar-refractivity contribution in [1.82, 2.24) is 5.32 Å². The van der Waals surface area contributed by atoms with E-state index in [9.17, 15) is 9.59 Å². The second-order valence-corrected chi connectivity index (χ2v) is 4.78. The number of hydrogen-bond acceptors (Lipinski definition) is 5. The maximum Gasteiger partial charge on any atom is 0.248 e. The van der Waals surface area contributed by atoms with Gasteiger partial charge in [0.2, 0.25) is 11.8 Å². The van der Waals surface area contributed by atoms with E-state index in [1.54, 1.807) is 24.3 Å². The van der Waals surface area contributed by atoms with Crippen molar-refractivity contribution in [3.63, 3.8) is 0 Å². The van der Waals surface area contributed by atoms with Crippen molar-refractivity contribution >= 4 is 11.8 Å². The lowest BCUT2D eigenvalue weighted by molar-refractivity contribution is -0.126. The van der Waals surface area contributed by atoms with E-state index in [-0.39, 0.29) is 12.5 Å². The van der Waals surface area contributed by atoms with Crippen LogP contribution in [0.15, 0.2) is 36.4 Å². The van der Waals surface area contributed by atoms with Gasteiger partial charge in [-0.3, -0.25) is 9.59 Å². The molecule has 3 N–H and O–H groups in total. The minimum atomic E-state index is -0.497. The van der Waals surface area contributed by atoms with Crippen LogP contribution >= 0.6 is 0 Å². The molecular weight excluding hydrogens is 312 g/mol. The van der Waals surface area contributed by atoms with Gasteiger partial charge in [-0.1, -0.05) is 18.2 Å². The van der Waals surface area contributed by atoms with Gasteiger partial charge >= 0.3 is 0 Å². The third-order valence-corrected chi connectivity index (χ3v) is 2.87. The van der Waals surface area contributed by atoms with E-state index in [1.807, 2.05) is 19.1 Å². The summed E-state index contributed by atoms with van der Waals surface area (Å²) in [5.41, 5.74) is 5.59. The summed E-state index contributed by atoms with van der Waals surface area (Å²) in [6, 6.07) is 6.64. The highest BCUT2D eigenvalue weighted by Gasteiger charge is 2.02. The van der Waals surface area contributed by atoms with Crippen molar-refractivity contribution in [2.24, 2.45) is 5.73 Å². The van der Waals surface area contributed by atoms with Crippen molar-refractivity contribution in [2.75, 3.05) is 39.6 Å². The molecule has 0 saturated heterocycles. The van der Waals surface area contributed by atoms with Gasteiger partial charge in [-0.05, 0) is 25.1 Å². The number of primary amides is 1. The number of nitrogens with one attached hydrogen (secondary N) is 1. The van der Waals surface area contributed by atoms with Gasteiger partial charge in [-0.25, -0.2) is 0 Å². The second kappa shape index (κ2) is 12.1. The first-order valence-corrected chi connectivity index (χ1v) is 7.69. The summed E-state index contributed by atoms with van der Waals surface area (Å²) >= 11 is 0. The van der Waals surface area contributed by atoms with Crippen LogP contribution in [0, 0.1) is 0 Å². The molecule has 1 aromatic rings. The van der Waals surface area contributed by atoms with E-state index in [0.717, 1.165) is 0 Å². The molecule has 7 heteroatoms. The molecule has 0 radical (unpaired) electrons. The van der Waals surface area contributed by atoms with E-state index >= 15 is 0 Å². The van der Waals surface area contributed by atoms with Crippen LogP contribution in [0.4, 0.5) is 0 Å². The van der Waals surface area contributed by atoms with Crippen molar-refractivity contribution in [2.45, 2.75) is 6.92 Å². The topological polar surface area (TPSA) is 99.9 Å². The Bertz CT molecular complexity index is 546. The first-order chi connectivity index (χ1) is 11.6. The second-order valence-electron chi connectivity index (χ2n) is 4.78. The third kappa shape index (κ3) is 8.92. The van der Waals surface area contributed by atoms with Gasteiger partial charge in [-0.2, -0.15) is 0 Å². The molecule has 0 aliphatic carbocycles. The molecule has 24 heavy (non-hydrogen) atoms. The van der Waals surface area contributed by atoms with Gasteiger partial charge in [0.25, 0.3) is 0 Å². The predicted molar refractivity (Wildman–Crippen MR) is 89.9 cm³/mol. The zero-order valence-corrected chi connectivity index (χ0v) is 13.8. The number of carbonyl (C=O) groups is 2. The predicted octanol–water partition coefficient (Wildman–Crippen LogP) is 0.890. The Labute approximate surface area is 141 Å². The van der Waals surface area contributed by atoms with Gasteiger partial charge in [0.15, 0.2) is 0 Å². The van der Waals surface area contributed by atoms with Crippen LogP contribution in [0.25, 0.3) is 0 Å². The van der Waals surface area contributed by atoms with E-state index in [1.165, 1.54) is 0 Å². The fourth-order valence-corrected chi connectivity index (χ4v) is 1.68. The molecule has 0 fully saturated rings. The van der Waals surface area contributed by atoms with Crippen LogP contribution in [0.1, 0.15) is 17.3 Å². The normalized spacial score (nSPS) is 10.7. The highest BCUT2D eigenvalue weighted by Crippen LogP contribution is 2.12. The Kier molecular flexibility index (Phi) is 9.91. The van der Waals surface area contributed by atoms with Gasteiger partial charge in [0, 0.05) is 12.1 Å². The minimum Gasteiger partial charge on any atom is -0.491 e. The number of rotatable bonds is 12. The Morgan fingerprint density at radius 2 is 1.92 bits per heavy atom. The van der Waals surface area contributed by atoms with Crippen molar-refractivity contribution < 1.29 is 23.8 Å². The maximum absolute atomic E-state index is 11.3. The van der Waals surface area contributed by atoms with E-state index < -0.39 is 5.91 Å². The van der Waals surface area contributed by atoms with E-state index in [2.05, 4.69) is 5.32 Å². The number of hydrogen-bond donors (Lipinski definition) is 2. The first kappa shape index (κ1) is 19.7. The van der Waals surface area contributed by atoms with Gasteiger partial charge in [0.1, 0.15) is 19.0 Å². The first-order valence-electron chi connectivity index (χ1n) is 7.69. The summed E-state index contributed by atoms with van der Waals surface area (Å²) in [6.45, 7) is 3.81. The monoisotopic (exact) mass is 336 g/mol. The molecule has 132 valence electrons. The van der Waals surface area contributed by atoms with Crippen molar-refractivity contribution in [1.29, 1.82) is 0 Å². The molecule has 0 aliphatic rings. The molecule has 1 aromatic carbocycles. The van der Waals surface area contributed by atoms with Crippen LogP contribution in [0.5, 0.6) is 5.75 Å². The Hall–Kier alpha value is -2.38. The molecule has 0 saturated carbocycles. The Balaban J connectivity index is 2.02. The number of nitrogens with two attached hydrogens (primary N) is 1. The number of amides is 2. The molecular formula is C17H24N2O5. The standard InChI is InChI=1S/C17H24N2O5/c1-2-3-7-19-16(20)13-23-9-8-22-10-11-24-15-6-4-5-14(12-15)17(18)21/h2-6,12H,7-11,13H2,1H3,(H2,18,21)(H,19,20)/b3-2+. The summed E-state index contributed by atoms with van der Waals surface area (Å²) in [5.74, 6) is -0.0988. The van der Waals surface area contributed by atoms with Crippen LogP contribution in [0.3, 0.4) is 0 Å². The Morgan fingerprint density at radius 1 is 1.17 bits per heavy atom. The lowest BCUT2D eigenvalue weighted by Gasteiger charge is -2.08. The molecule has 0 aliphatic heterocycles. The highest BCUT2D eigenvalue weighted by atomic mass is 16.5. The maximum atomic E-state index is 11.3. The zero-order valence-electron chi connectivity index (χ0n) is 13.8. The van der Waals surface area contributed by atoms with Crippen LogP contribution in [0.2, 0.25) is 0 Å². The summed E-state index contributed by atoms with van der Waals surface area (Å²) in [7, 11) is 0. The van der Waals surface area contributed by atoms with E-state index in [4.69, 9.17) is 19.9 Å². The lowest BCUT2D eigenvalue weighted by atomic mass is 10.2. The van der Waals surface area contributed by atoms with Gasteiger partial charge < -0.3 is 25.3 Å². The molecule has 0 aromatic heterocycles. The number of ether oxygens (including phenoxy) is 3. The third-order valence-electron chi connectivity index (χ3n) is 2.87. The van der Waals surface area contributed by atoms with Crippen LogP contribution in [-0.4, -0.2) is 51.4 Å². The molecule has 0 unspecified atom stereocenters. The zero-order chi connectivity index (χ0) is 17.6. The molecule has 1 rings (SSSR count). The molecule has 7 nitrogen and oxygen atoms in total. The SMILES string of the molecule is C/C=C/CNC(=O)COCCOCCOc1cccc(C(N)=O)c1. The molecule has 2 amide bonds. The summed E-state index contributed by atoms with van der Waals surface area (Å²) in [5, 5.41) is 2.68. The minimum absolute atomic E-state index is 0.0112. The highest BCUT2D eigenvalue weighted by molar-refractivity contribution is 5.93. The lowest BCUT2D eigenvalue weighted by Crippen LogP contribution is -2.28. The smallest absolute Gasteiger partial charge is 0.248 e. The quantitative estimate of drug-likeness (QED) is 0.436.